The molecule has 1 heterocycles. The Morgan fingerprint density at radius 2 is 2.27 bits per heavy atom. The molecule has 0 saturated carbocycles. The number of hydrogen-bond donors (Lipinski definition) is 2. The van der Waals surface area contributed by atoms with E-state index in [1.165, 1.54) is 7.11 Å². The van der Waals surface area contributed by atoms with Crippen LogP contribution in [0.5, 0.6) is 0 Å². The molecule has 64 valence electrons. The summed E-state index contributed by atoms with van der Waals surface area (Å²) < 4.78 is 9.93. The standard InChI is InChI=1S/C7H12O4/c1-10-7-3-2-5(9)6(4-8)11-7/h2-3,5-9H,4H2,1H3/t5-,6-,7?/m1/s1. The molecule has 11 heavy (non-hydrogen) atoms. The average Bonchev–Trinajstić information content (AvgIpc) is 2.05. The maximum Gasteiger partial charge on any atom is 0.177 e. The van der Waals surface area contributed by atoms with E-state index in [0.29, 0.717) is 0 Å². The van der Waals surface area contributed by atoms with E-state index in [-0.39, 0.29) is 6.61 Å². The first kappa shape index (κ1) is 8.67. The van der Waals surface area contributed by atoms with Gasteiger partial charge < -0.3 is 19.7 Å². The van der Waals surface area contributed by atoms with Gasteiger partial charge in [-0.3, -0.25) is 0 Å². The largest absolute Gasteiger partial charge is 0.394 e. The van der Waals surface area contributed by atoms with Gasteiger partial charge in [0.05, 0.1) is 6.61 Å². The Morgan fingerprint density at radius 3 is 2.82 bits per heavy atom. The maximum atomic E-state index is 9.15. The zero-order chi connectivity index (χ0) is 8.27. The van der Waals surface area contributed by atoms with Crippen molar-refractivity contribution in [1.82, 2.24) is 0 Å². The van der Waals surface area contributed by atoms with Crippen LogP contribution in [0.1, 0.15) is 0 Å². The number of ether oxygens (including phenoxy) is 2. The van der Waals surface area contributed by atoms with E-state index in [0.717, 1.165) is 0 Å². The molecule has 4 heteroatoms. The number of aliphatic hydroxyl groups is 2. The molecule has 1 aliphatic rings. The molecule has 0 aliphatic carbocycles. The van der Waals surface area contributed by atoms with Crippen LogP contribution >= 0.6 is 0 Å². The molecule has 3 atom stereocenters. The van der Waals surface area contributed by atoms with E-state index in [4.69, 9.17) is 19.7 Å². The molecule has 0 fully saturated rings. The van der Waals surface area contributed by atoms with Gasteiger partial charge in [-0.15, -0.1) is 0 Å². The average molecular weight is 160 g/mol. The number of rotatable bonds is 2. The lowest BCUT2D eigenvalue weighted by Gasteiger charge is -2.27. The maximum absolute atomic E-state index is 9.15. The first-order chi connectivity index (χ1) is 5.27. The molecular formula is C7H12O4. The lowest BCUT2D eigenvalue weighted by atomic mass is 10.1. The predicted octanol–water partition coefficient (Wildman–Crippen LogP) is -0.733. The van der Waals surface area contributed by atoms with Gasteiger partial charge in [0.15, 0.2) is 6.29 Å². The van der Waals surface area contributed by atoms with E-state index < -0.39 is 18.5 Å². The number of hydrogen-bond acceptors (Lipinski definition) is 4. The summed E-state index contributed by atoms with van der Waals surface area (Å²) in [6.07, 6.45) is 1.42. The number of methoxy groups -OCH3 is 1. The molecule has 1 aliphatic heterocycles. The van der Waals surface area contributed by atoms with Crippen molar-refractivity contribution >= 4 is 0 Å². The smallest absolute Gasteiger partial charge is 0.177 e. The highest BCUT2D eigenvalue weighted by atomic mass is 16.7. The number of aliphatic hydroxyl groups excluding tert-OH is 2. The van der Waals surface area contributed by atoms with E-state index >= 15 is 0 Å². The van der Waals surface area contributed by atoms with E-state index in [1.807, 2.05) is 0 Å². The molecule has 1 unspecified atom stereocenters. The Balaban J connectivity index is 2.52. The topological polar surface area (TPSA) is 58.9 Å². The van der Waals surface area contributed by atoms with Gasteiger partial charge in [-0.25, -0.2) is 0 Å². The Hall–Kier alpha value is -0.420. The van der Waals surface area contributed by atoms with Crippen LogP contribution in [0.3, 0.4) is 0 Å². The van der Waals surface area contributed by atoms with Crippen LogP contribution < -0.4 is 0 Å². The van der Waals surface area contributed by atoms with Crippen molar-refractivity contribution in [3.8, 4) is 0 Å². The molecule has 2 N–H and O–H groups in total. The quantitative estimate of drug-likeness (QED) is 0.523. The van der Waals surface area contributed by atoms with Crippen molar-refractivity contribution in [2.24, 2.45) is 0 Å². The van der Waals surface area contributed by atoms with Crippen LogP contribution in [-0.4, -0.2) is 42.4 Å². The summed E-state index contributed by atoms with van der Waals surface area (Å²) in [5.41, 5.74) is 0. The van der Waals surface area contributed by atoms with Crippen molar-refractivity contribution in [3.05, 3.63) is 12.2 Å². The minimum absolute atomic E-state index is 0.203. The Bertz CT molecular complexity index is 145. The molecular weight excluding hydrogens is 148 g/mol. The summed E-state index contributed by atoms with van der Waals surface area (Å²) in [6, 6.07) is 0. The van der Waals surface area contributed by atoms with Crippen molar-refractivity contribution in [3.63, 3.8) is 0 Å². The SMILES string of the molecule is COC1C=C[C@@H](O)[C@@H](CO)O1. The molecule has 0 aromatic carbocycles. The van der Waals surface area contributed by atoms with Gasteiger partial charge >= 0.3 is 0 Å². The second kappa shape index (κ2) is 3.82. The second-order valence-electron chi connectivity index (χ2n) is 2.34. The zero-order valence-electron chi connectivity index (χ0n) is 6.30. The van der Waals surface area contributed by atoms with Gasteiger partial charge in [0.1, 0.15) is 12.2 Å². The van der Waals surface area contributed by atoms with E-state index in [1.54, 1.807) is 12.2 Å². The second-order valence-corrected chi connectivity index (χ2v) is 2.34. The van der Waals surface area contributed by atoms with Crippen molar-refractivity contribution < 1.29 is 19.7 Å². The summed E-state index contributed by atoms with van der Waals surface area (Å²) >= 11 is 0. The fourth-order valence-electron chi connectivity index (χ4n) is 0.912. The summed E-state index contributed by atoms with van der Waals surface area (Å²) in [5.74, 6) is 0. The normalized spacial score (nSPS) is 37.5. The highest BCUT2D eigenvalue weighted by molar-refractivity contribution is 4.99. The predicted molar refractivity (Wildman–Crippen MR) is 37.9 cm³/mol. The van der Waals surface area contributed by atoms with Gasteiger partial charge in [-0.2, -0.15) is 0 Å². The van der Waals surface area contributed by atoms with Crippen molar-refractivity contribution in [1.29, 1.82) is 0 Å². The van der Waals surface area contributed by atoms with Gasteiger partial charge in [-0.05, 0) is 6.08 Å². The molecule has 0 saturated heterocycles. The van der Waals surface area contributed by atoms with Crippen molar-refractivity contribution in [2.45, 2.75) is 18.5 Å². The molecule has 0 radical (unpaired) electrons. The first-order valence-electron chi connectivity index (χ1n) is 3.43. The highest BCUT2D eigenvalue weighted by Crippen LogP contribution is 2.12. The monoisotopic (exact) mass is 160 g/mol. The molecule has 0 bridgehead atoms. The minimum atomic E-state index is -0.730. The van der Waals surface area contributed by atoms with Crippen LogP contribution in [-0.2, 0) is 9.47 Å². The van der Waals surface area contributed by atoms with Crippen LogP contribution in [0.15, 0.2) is 12.2 Å². The van der Waals surface area contributed by atoms with Crippen LogP contribution in [0.4, 0.5) is 0 Å². The summed E-state index contributed by atoms with van der Waals surface area (Å²) in [7, 11) is 1.50. The Morgan fingerprint density at radius 1 is 1.55 bits per heavy atom. The van der Waals surface area contributed by atoms with Crippen LogP contribution in [0.2, 0.25) is 0 Å². The summed E-state index contributed by atoms with van der Waals surface area (Å²) in [5, 5.41) is 17.9. The van der Waals surface area contributed by atoms with Gasteiger partial charge in [0, 0.05) is 7.11 Å². The lowest BCUT2D eigenvalue weighted by molar-refractivity contribution is -0.168. The highest BCUT2D eigenvalue weighted by Gasteiger charge is 2.24. The summed E-state index contributed by atoms with van der Waals surface area (Å²) in [6.45, 7) is -0.203. The fraction of sp³-hybridized carbons (Fsp3) is 0.714. The zero-order valence-corrected chi connectivity index (χ0v) is 6.30. The first-order valence-corrected chi connectivity index (χ1v) is 3.43. The third kappa shape index (κ3) is 2.00. The van der Waals surface area contributed by atoms with E-state index in [2.05, 4.69) is 0 Å². The molecule has 0 aromatic heterocycles. The summed E-state index contributed by atoms with van der Waals surface area (Å²) in [4.78, 5) is 0. The minimum Gasteiger partial charge on any atom is -0.394 e. The van der Waals surface area contributed by atoms with Gasteiger partial charge in [0.25, 0.3) is 0 Å². The molecule has 0 spiro atoms. The third-order valence-corrected chi connectivity index (χ3v) is 1.57. The lowest BCUT2D eigenvalue weighted by Crippen LogP contribution is -2.38. The molecule has 4 nitrogen and oxygen atoms in total. The Kier molecular flexibility index (Phi) is 3.02. The molecule has 1 rings (SSSR count). The van der Waals surface area contributed by atoms with Crippen LogP contribution in [0, 0.1) is 0 Å². The molecule has 0 amide bonds. The third-order valence-electron chi connectivity index (χ3n) is 1.57. The van der Waals surface area contributed by atoms with Crippen molar-refractivity contribution in [2.75, 3.05) is 13.7 Å². The fourth-order valence-corrected chi connectivity index (χ4v) is 0.912. The Labute approximate surface area is 65.0 Å². The van der Waals surface area contributed by atoms with Gasteiger partial charge in [-0.1, -0.05) is 6.08 Å². The van der Waals surface area contributed by atoms with Gasteiger partial charge in [0.2, 0.25) is 0 Å². The molecule has 0 aromatic rings. The van der Waals surface area contributed by atoms with E-state index in [9.17, 15) is 0 Å². The van der Waals surface area contributed by atoms with Crippen LogP contribution in [0.25, 0.3) is 0 Å².